The van der Waals surface area contributed by atoms with E-state index in [0.29, 0.717) is 49.5 Å². The average molecular weight is 584 g/mol. The summed E-state index contributed by atoms with van der Waals surface area (Å²) in [5.41, 5.74) is 8.74. The number of amides is 2. The normalized spacial score (nSPS) is 14.4. The molecule has 41 heavy (non-hydrogen) atoms. The molecule has 1 unspecified atom stereocenters. The molecule has 4 N–H and O–H groups in total. The van der Waals surface area contributed by atoms with Crippen molar-refractivity contribution in [3.8, 4) is 0 Å². The zero-order valence-corrected chi connectivity index (χ0v) is 24.2. The number of benzene rings is 3. The Hall–Kier alpha value is -3.80. The molecule has 0 saturated carbocycles. The molecule has 1 heterocycles. The van der Waals surface area contributed by atoms with Crippen LogP contribution >= 0.6 is 0 Å². The molecule has 0 spiro atoms. The smallest absolute Gasteiger partial charge is 0.238 e. The Morgan fingerprint density at radius 3 is 2.17 bits per heavy atom. The third kappa shape index (κ3) is 11.7. The summed E-state index contributed by atoms with van der Waals surface area (Å²) in [5.74, 6) is -0.637. The van der Waals surface area contributed by atoms with Crippen molar-refractivity contribution in [3.63, 3.8) is 0 Å². The van der Waals surface area contributed by atoms with Crippen molar-refractivity contribution >= 4 is 33.2 Å². The molecule has 1 aliphatic heterocycles. The van der Waals surface area contributed by atoms with Gasteiger partial charge in [-0.2, -0.15) is 0 Å². The highest BCUT2D eigenvalue weighted by atomic mass is 32.2. The maximum Gasteiger partial charge on any atom is 0.238 e. The van der Waals surface area contributed by atoms with Crippen molar-refractivity contribution in [1.29, 1.82) is 0 Å². The van der Waals surface area contributed by atoms with Crippen molar-refractivity contribution in [1.82, 2.24) is 9.80 Å². The Morgan fingerprint density at radius 1 is 0.927 bits per heavy atom. The van der Waals surface area contributed by atoms with E-state index in [1.807, 2.05) is 23.1 Å². The van der Waals surface area contributed by atoms with Gasteiger partial charge in [-0.1, -0.05) is 60.2 Å². The number of aryl methyl sites for hydroxylation is 1. The monoisotopic (exact) mass is 583 g/mol. The van der Waals surface area contributed by atoms with Gasteiger partial charge in [0.15, 0.2) is 0 Å². The molecule has 0 aromatic heterocycles. The van der Waals surface area contributed by atoms with Crippen LogP contribution in [0.3, 0.4) is 0 Å². The van der Waals surface area contributed by atoms with Crippen molar-refractivity contribution < 1.29 is 22.4 Å². The number of sulfonamides is 1. The lowest BCUT2D eigenvalue weighted by atomic mass is 10.0. The molecule has 4 rings (SSSR count). The Morgan fingerprint density at radius 2 is 1.56 bits per heavy atom. The summed E-state index contributed by atoms with van der Waals surface area (Å²) in [6.07, 6.45) is 1.48. The van der Waals surface area contributed by atoms with Gasteiger partial charge in [0.2, 0.25) is 21.8 Å². The fraction of sp³-hybridized carbons (Fsp3) is 0.333. The van der Waals surface area contributed by atoms with E-state index < -0.39 is 16.1 Å². The quantitative estimate of drug-likeness (QED) is 0.355. The van der Waals surface area contributed by atoms with Crippen LogP contribution in [0.5, 0.6) is 0 Å². The van der Waals surface area contributed by atoms with Crippen molar-refractivity contribution in [2.75, 3.05) is 49.0 Å². The van der Waals surface area contributed by atoms with E-state index in [1.54, 1.807) is 47.4 Å². The zero-order chi connectivity index (χ0) is 29.8. The summed E-state index contributed by atoms with van der Waals surface area (Å²) in [4.78, 5) is 28.7. The third-order valence-electron chi connectivity index (χ3n) is 6.36. The van der Waals surface area contributed by atoms with Gasteiger partial charge in [0.25, 0.3) is 0 Å². The van der Waals surface area contributed by atoms with Crippen LogP contribution in [-0.2, 0) is 26.0 Å². The van der Waals surface area contributed by atoms with Gasteiger partial charge in [0, 0.05) is 44.3 Å². The SMILES string of the molecule is CS(=O)(=O)Nc1cccc(NC(=O)CN2CCN(C(=O)CC(N)Cc3ccccc3F)CC2)c1.Cc1ccccc1. The molecule has 1 atom stereocenters. The maximum atomic E-state index is 13.8. The number of nitrogens with two attached hydrogens (primary N) is 1. The van der Waals surface area contributed by atoms with E-state index >= 15 is 0 Å². The lowest BCUT2D eigenvalue weighted by molar-refractivity contribution is -0.133. The summed E-state index contributed by atoms with van der Waals surface area (Å²) in [5, 5.41) is 2.76. The van der Waals surface area contributed by atoms with Gasteiger partial charge in [0.1, 0.15) is 5.82 Å². The number of carbonyl (C=O) groups excluding carboxylic acids is 2. The Bertz CT molecular complexity index is 1400. The van der Waals surface area contributed by atoms with Gasteiger partial charge in [-0.3, -0.25) is 19.2 Å². The molecule has 0 aliphatic carbocycles. The number of hydrogen-bond acceptors (Lipinski definition) is 6. The standard InChI is InChI=1S/C23H30FN5O4S.C7H8/c1-34(32,33)27-20-7-4-6-19(15-20)26-22(30)16-28-9-11-29(12-10-28)23(31)14-18(25)13-17-5-2-3-8-21(17)24;1-7-5-3-2-4-6-7/h2-8,15,18,27H,9-14,16,25H2,1H3,(H,26,30);2-6H,1H3. The summed E-state index contributed by atoms with van der Waals surface area (Å²) >= 11 is 0. The minimum atomic E-state index is -3.41. The Balaban J connectivity index is 0.000000575. The van der Waals surface area contributed by atoms with Crippen LogP contribution in [0.2, 0.25) is 0 Å². The lowest BCUT2D eigenvalue weighted by Gasteiger charge is -2.34. The molecule has 1 saturated heterocycles. The predicted octanol–water partition coefficient (Wildman–Crippen LogP) is 3.24. The number of carbonyl (C=O) groups is 2. The molecule has 1 aliphatic rings. The predicted molar refractivity (Wildman–Crippen MR) is 160 cm³/mol. The first-order valence-electron chi connectivity index (χ1n) is 13.4. The number of piperazine rings is 1. The lowest BCUT2D eigenvalue weighted by Crippen LogP contribution is -2.51. The fourth-order valence-electron chi connectivity index (χ4n) is 4.34. The first-order chi connectivity index (χ1) is 19.5. The van der Waals surface area contributed by atoms with Crippen LogP contribution in [-0.4, -0.2) is 75.1 Å². The molecule has 220 valence electrons. The largest absolute Gasteiger partial charge is 0.340 e. The van der Waals surface area contributed by atoms with Crippen LogP contribution in [0.1, 0.15) is 17.5 Å². The molecule has 1 fully saturated rings. The summed E-state index contributed by atoms with van der Waals surface area (Å²) in [7, 11) is -3.41. The third-order valence-corrected chi connectivity index (χ3v) is 6.97. The van der Waals surface area contributed by atoms with Crippen LogP contribution < -0.4 is 15.8 Å². The number of halogens is 1. The Kier molecular flexibility index (Phi) is 11.8. The Labute approximate surface area is 241 Å². The van der Waals surface area contributed by atoms with E-state index in [0.717, 1.165) is 6.26 Å². The van der Waals surface area contributed by atoms with Gasteiger partial charge in [-0.05, 0) is 43.2 Å². The minimum absolute atomic E-state index is 0.0804. The van der Waals surface area contributed by atoms with Gasteiger partial charge in [-0.25, -0.2) is 12.8 Å². The van der Waals surface area contributed by atoms with Gasteiger partial charge >= 0.3 is 0 Å². The van der Waals surface area contributed by atoms with E-state index in [-0.39, 0.29) is 30.6 Å². The van der Waals surface area contributed by atoms with Crippen LogP contribution in [0.4, 0.5) is 15.8 Å². The number of nitrogens with zero attached hydrogens (tertiary/aromatic N) is 2. The number of nitrogens with one attached hydrogen (secondary N) is 2. The van der Waals surface area contributed by atoms with Crippen LogP contribution in [0.25, 0.3) is 0 Å². The minimum Gasteiger partial charge on any atom is -0.340 e. The number of anilines is 2. The zero-order valence-electron chi connectivity index (χ0n) is 23.4. The maximum absolute atomic E-state index is 13.8. The van der Waals surface area contributed by atoms with Crippen molar-refractivity contribution in [2.24, 2.45) is 5.73 Å². The summed E-state index contributed by atoms with van der Waals surface area (Å²) in [6, 6.07) is 22.6. The molecule has 3 aromatic rings. The molecular formula is C30H38FN5O4S. The highest BCUT2D eigenvalue weighted by Gasteiger charge is 2.24. The van der Waals surface area contributed by atoms with Crippen molar-refractivity contribution in [2.45, 2.75) is 25.8 Å². The highest BCUT2D eigenvalue weighted by molar-refractivity contribution is 7.92. The van der Waals surface area contributed by atoms with E-state index in [1.165, 1.54) is 11.6 Å². The van der Waals surface area contributed by atoms with Crippen LogP contribution in [0, 0.1) is 12.7 Å². The van der Waals surface area contributed by atoms with Gasteiger partial charge in [-0.15, -0.1) is 0 Å². The molecule has 2 amide bonds. The summed E-state index contributed by atoms with van der Waals surface area (Å²) < 4.78 is 38.9. The second-order valence-corrected chi connectivity index (χ2v) is 11.8. The number of rotatable bonds is 9. The molecule has 9 nitrogen and oxygen atoms in total. The molecule has 3 aromatic carbocycles. The first-order valence-corrected chi connectivity index (χ1v) is 15.3. The van der Waals surface area contributed by atoms with Crippen LogP contribution in [0.15, 0.2) is 78.9 Å². The second-order valence-electron chi connectivity index (χ2n) is 10.1. The fourth-order valence-corrected chi connectivity index (χ4v) is 4.89. The molecule has 0 radical (unpaired) electrons. The van der Waals surface area contributed by atoms with Gasteiger partial charge < -0.3 is 16.0 Å². The number of hydrogen-bond donors (Lipinski definition) is 3. The van der Waals surface area contributed by atoms with Gasteiger partial charge in [0.05, 0.1) is 18.5 Å². The molecular weight excluding hydrogens is 545 g/mol. The first kappa shape index (κ1) is 31.7. The topological polar surface area (TPSA) is 125 Å². The highest BCUT2D eigenvalue weighted by Crippen LogP contribution is 2.16. The average Bonchev–Trinajstić information content (AvgIpc) is 2.90. The second kappa shape index (κ2) is 15.3. The van der Waals surface area contributed by atoms with E-state index in [9.17, 15) is 22.4 Å². The molecule has 11 heteroatoms. The van der Waals surface area contributed by atoms with Crippen molar-refractivity contribution in [3.05, 3.63) is 95.8 Å². The molecule has 0 bridgehead atoms. The van der Waals surface area contributed by atoms with E-state index in [2.05, 4.69) is 29.1 Å². The summed E-state index contributed by atoms with van der Waals surface area (Å²) in [6.45, 7) is 4.27. The van der Waals surface area contributed by atoms with E-state index in [4.69, 9.17) is 5.73 Å².